The van der Waals surface area contributed by atoms with Crippen LogP contribution in [0.4, 0.5) is 0 Å². The predicted octanol–water partition coefficient (Wildman–Crippen LogP) is 0.201. The van der Waals surface area contributed by atoms with E-state index in [2.05, 4.69) is 20.5 Å². The zero-order chi connectivity index (χ0) is 13.0. The normalized spacial score (nSPS) is 11.8. The highest BCUT2D eigenvalue weighted by atomic mass is 32.1. The molecule has 8 heteroatoms. The van der Waals surface area contributed by atoms with Crippen molar-refractivity contribution in [2.24, 2.45) is 0 Å². The Morgan fingerprint density at radius 1 is 1.72 bits per heavy atom. The molecule has 0 spiro atoms. The summed E-state index contributed by atoms with van der Waals surface area (Å²) in [6.45, 7) is -0.272. The van der Waals surface area contributed by atoms with Crippen molar-refractivity contribution in [1.29, 1.82) is 5.26 Å². The number of aliphatic hydroxyl groups excluding tert-OH is 1. The summed E-state index contributed by atoms with van der Waals surface area (Å²) in [6.07, 6.45) is 1.27. The van der Waals surface area contributed by atoms with E-state index in [-0.39, 0.29) is 17.9 Å². The number of aromatic nitrogens is 3. The number of carbonyl (C=O) groups excluding carboxylic acids is 1. The van der Waals surface area contributed by atoms with Crippen LogP contribution in [0.1, 0.15) is 27.8 Å². The van der Waals surface area contributed by atoms with Gasteiger partial charge in [-0.15, -0.1) is 11.3 Å². The van der Waals surface area contributed by atoms with E-state index in [4.69, 9.17) is 5.26 Å². The fourth-order valence-corrected chi connectivity index (χ4v) is 1.99. The maximum Gasteiger partial charge on any atom is 0.271 e. The van der Waals surface area contributed by atoms with Crippen molar-refractivity contribution in [2.45, 2.75) is 6.04 Å². The molecule has 0 aliphatic rings. The van der Waals surface area contributed by atoms with E-state index >= 15 is 0 Å². The van der Waals surface area contributed by atoms with Crippen LogP contribution in [-0.4, -0.2) is 32.8 Å². The average Bonchev–Trinajstić information content (AvgIpc) is 3.05. The summed E-state index contributed by atoms with van der Waals surface area (Å²) in [5.41, 5.74) is 2.42. The van der Waals surface area contributed by atoms with Crippen molar-refractivity contribution in [3.63, 3.8) is 0 Å². The maximum atomic E-state index is 11.9. The lowest BCUT2D eigenvalue weighted by Gasteiger charge is -2.13. The third-order valence-electron chi connectivity index (χ3n) is 2.28. The Labute approximate surface area is 106 Å². The number of amides is 1. The molecular formula is C10H9N5O2S. The molecule has 0 fully saturated rings. The summed E-state index contributed by atoms with van der Waals surface area (Å²) >= 11 is 1.37. The molecule has 0 saturated carbocycles. The van der Waals surface area contributed by atoms with Crippen LogP contribution in [0, 0.1) is 11.3 Å². The van der Waals surface area contributed by atoms with Gasteiger partial charge in [-0.05, 0) is 0 Å². The average molecular weight is 263 g/mol. The quantitative estimate of drug-likeness (QED) is 0.729. The Hall–Kier alpha value is -2.24. The van der Waals surface area contributed by atoms with E-state index in [0.717, 1.165) is 0 Å². The second-order valence-electron chi connectivity index (χ2n) is 3.39. The van der Waals surface area contributed by atoms with Crippen molar-refractivity contribution < 1.29 is 9.90 Å². The summed E-state index contributed by atoms with van der Waals surface area (Å²) in [5.74, 6) is -0.504. The highest BCUT2D eigenvalue weighted by molar-refractivity contribution is 7.07. The van der Waals surface area contributed by atoms with Crippen molar-refractivity contribution in [3.8, 4) is 6.07 Å². The zero-order valence-electron chi connectivity index (χ0n) is 9.12. The van der Waals surface area contributed by atoms with Crippen LogP contribution in [0.2, 0.25) is 0 Å². The first kappa shape index (κ1) is 12.2. The van der Waals surface area contributed by atoms with Crippen LogP contribution in [0.25, 0.3) is 0 Å². The van der Waals surface area contributed by atoms with Crippen LogP contribution < -0.4 is 5.32 Å². The van der Waals surface area contributed by atoms with Gasteiger partial charge >= 0.3 is 0 Å². The standard InChI is InChI=1S/C10H9N5O2S/c11-1-6-2-13-15-9(6)10(17)14-7(3-16)8-4-18-5-12-8/h2,4-5,7,16H,3H2,(H,13,15)(H,14,17). The number of H-pyrrole nitrogens is 1. The van der Waals surface area contributed by atoms with Crippen LogP contribution in [-0.2, 0) is 0 Å². The van der Waals surface area contributed by atoms with Gasteiger partial charge in [-0.2, -0.15) is 10.4 Å². The lowest BCUT2D eigenvalue weighted by molar-refractivity contribution is 0.0909. The number of nitrogens with one attached hydrogen (secondary N) is 2. The van der Waals surface area contributed by atoms with Crippen molar-refractivity contribution in [2.75, 3.05) is 6.61 Å². The Kier molecular flexibility index (Phi) is 3.66. The third-order valence-corrected chi connectivity index (χ3v) is 2.89. The highest BCUT2D eigenvalue weighted by Crippen LogP contribution is 2.13. The number of aliphatic hydroxyl groups is 1. The van der Waals surface area contributed by atoms with E-state index in [0.29, 0.717) is 5.69 Å². The fourth-order valence-electron chi connectivity index (χ4n) is 1.38. The summed E-state index contributed by atoms with van der Waals surface area (Å²) < 4.78 is 0. The molecule has 2 rings (SSSR count). The molecule has 0 saturated heterocycles. The van der Waals surface area contributed by atoms with Gasteiger partial charge in [0.2, 0.25) is 0 Å². The Morgan fingerprint density at radius 2 is 2.56 bits per heavy atom. The number of rotatable bonds is 4. The molecule has 1 unspecified atom stereocenters. The summed E-state index contributed by atoms with van der Waals surface area (Å²) in [6, 6.07) is 1.25. The molecule has 1 atom stereocenters. The Morgan fingerprint density at radius 3 is 3.17 bits per heavy atom. The number of nitriles is 1. The maximum absolute atomic E-state index is 11.9. The number of hydrogen-bond acceptors (Lipinski definition) is 6. The Balaban J connectivity index is 2.14. The van der Waals surface area contributed by atoms with Crippen LogP contribution in [0.15, 0.2) is 17.1 Å². The fraction of sp³-hybridized carbons (Fsp3) is 0.200. The van der Waals surface area contributed by atoms with Crippen molar-refractivity contribution in [3.05, 3.63) is 34.0 Å². The third kappa shape index (κ3) is 2.37. The van der Waals surface area contributed by atoms with Gasteiger partial charge in [0.1, 0.15) is 17.3 Å². The summed E-state index contributed by atoms with van der Waals surface area (Å²) in [4.78, 5) is 15.9. The molecule has 2 heterocycles. The van der Waals surface area contributed by atoms with Crippen LogP contribution in [0.5, 0.6) is 0 Å². The molecule has 1 amide bonds. The SMILES string of the molecule is N#Cc1cn[nH]c1C(=O)NC(CO)c1cscn1. The van der Waals surface area contributed by atoms with Crippen molar-refractivity contribution >= 4 is 17.2 Å². The minimum absolute atomic E-state index is 0.0752. The number of hydrogen-bond donors (Lipinski definition) is 3. The molecule has 18 heavy (non-hydrogen) atoms. The first-order chi connectivity index (χ1) is 8.76. The van der Waals surface area contributed by atoms with E-state index in [1.807, 2.05) is 6.07 Å². The summed E-state index contributed by atoms with van der Waals surface area (Å²) in [7, 11) is 0. The van der Waals surface area contributed by atoms with E-state index in [1.165, 1.54) is 17.5 Å². The van der Waals surface area contributed by atoms with Gasteiger partial charge in [0.25, 0.3) is 5.91 Å². The van der Waals surface area contributed by atoms with Gasteiger partial charge in [0.05, 0.1) is 30.1 Å². The minimum Gasteiger partial charge on any atom is -0.394 e. The molecule has 3 N–H and O–H groups in total. The zero-order valence-corrected chi connectivity index (χ0v) is 9.94. The molecule has 0 bridgehead atoms. The van der Waals surface area contributed by atoms with Gasteiger partial charge in [0, 0.05) is 5.38 Å². The first-order valence-corrected chi connectivity index (χ1v) is 5.93. The molecule has 2 aromatic rings. The predicted molar refractivity (Wildman–Crippen MR) is 62.7 cm³/mol. The molecule has 0 aliphatic carbocycles. The van der Waals surface area contributed by atoms with Crippen LogP contribution in [0.3, 0.4) is 0 Å². The smallest absolute Gasteiger partial charge is 0.271 e. The van der Waals surface area contributed by atoms with Gasteiger partial charge in [-0.1, -0.05) is 0 Å². The monoisotopic (exact) mass is 263 g/mol. The van der Waals surface area contributed by atoms with E-state index in [9.17, 15) is 9.90 Å². The number of carbonyl (C=O) groups is 1. The summed E-state index contributed by atoms with van der Waals surface area (Å²) in [5, 5.41) is 28.4. The first-order valence-electron chi connectivity index (χ1n) is 4.99. The van der Waals surface area contributed by atoms with E-state index < -0.39 is 11.9 Å². The Bertz CT molecular complexity index is 571. The number of aromatic amines is 1. The van der Waals surface area contributed by atoms with Gasteiger partial charge in [-0.25, -0.2) is 4.98 Å². The van der Waals surface area contributed by atoms with Gasteiger partial charge in [-0.3, -0.25) is 9.89 Å². The largest absolute Gasteiger partial charge is 0.394 e. The molecule has 92 valence electrons. The van der Waals surface area contributed by atoms with E-state index in [1.54, 1.807) is 10.9 Å². The molecule has 0 radical (unpaired) electrons. The molecule has 0 aromatic carbocycles. The van der Waals surface area contributed by atoms with Crippen LogP contribution >= 0.6 is 11.3 Å². The lowest BCUT2D eigenvalue weighted by atomic mass is 10.2. The number of thiazole rings is 1. The minimum atomic E-state index is -0.599. The van der Waals surface area contributed by atoms with Gasteiger partial charge in [0.15, 0.2) is 0 Å². The molecule has 2 aromatic heterocycles. The number of nitrogens with zero attached hydrogens (tertiary/aromatic N) is 3. The second-order valence-corrected chi connectivity index (χ2v) is 4.11. The second kappa shape index (κ2) is 5.39. The molecular weight excluding hydrogens is 254 g/mol. The highest BCUT2D eigenvalue weighted by Gasteiger charge is 2.19. The van der Waals surface area contributed by atoms with Gasteiger partial charge < -0.3 is 10.4 Å². The van der Waals surface area contributed by atoms with Crippen molar-refractivity contribution in [1.82, 2.24) is 20.5 Å². The molecule has 7 nitrogen and oxygen atoms in total. The molecule has 0 aliphatic heterocycles. The topological polar surface area (TPSA) is 115 Å². The lowest BCUT2D eigenvalue weighted by Crippen LogP contribution is -2.31.